The molecular weight excluding hydrogens is 404 g/mol. The van der Waals surface area contributed by atoms with E-state index in [1.165, 1.54) is 22.7 Å². The van der Waals surface area contributed by atoms with E-state index in [0.717, 1.165) is 38.8 Å². The molecule has 1 N–H and O–H groups in total. The molecule has 2 aliphatic heterocycles. The molecule has 0 radical (unpaired) electrons. The van der Waals surface area contributed by atoms with Crippen molar-refractivity contribution in [2.75, 3.05) is 45.6 Å². The summed E-state index contributed by atoms with van der Waals surface area (Å²) in [6.45, 7) is 2.03. The van der Waals surface area contributed by atoms with Crippen molar-refractivity contribution in [2.24, 2.45) is 5.92 Å². The van der Waals surface area contributed by atoms with Gasteiger partial charge in [0.25, 0.3) is 16.1 Å². The van der Waals surface area contributed by atoms with E-state index >= 15 is 0 Å². The highest BCUT2D eigenvalue weighted by Gasteiger charge is 2.34. The predicted molar refractivity (Wildman–Crippen MR) is 116 cm³/mol. The Morgan fingerprint density at radius 1 is 1.00 bits per heavy atom. The van der Waals surface area contributed by atoms with E-state index in [4.69, 9.17) is 0 Å². The Morgan fingerprint density at radius 2 is 1.67 bits per heavy atom. The highest BCUT2D eigenvalue weighted by Crippen LogP contribution is 2.24. The van der Waals surface area contributed by atoms with Crippen LogP contribution in [0.15, 0.2) is 24.3 Å². The van der Waals surface area contributed by atoms with Crippen molar-refractivity contribution >= 4 is 27.7 Å². The van der Waals surface area contributed by atoms with Crippen molar-refractivity contribution < 1.29 is 18.0 Å². The van der Waals surface area contributed by atoms with Crippen molar-refractivity contribution in [3.8, 4) is 0 Å². The second-order valence-electron chi connectivity index (χ2n) is 8.23. The molecule has 30 heavy (non-hydrogen) atoms. The van der Waals surface area contributed by atoms with Crippen LogP contribution in [0.3, 0.4) is 0 Å². The number of carbonyl (C=O) groups is 2. The van der Waals surface area contributed by atoms with Crippen LogP contribution in [-0.2, 0) is 15.0 Å². The van der Waals surface area contributed by atoms with E-state index < -0.39 is 16.1 Å². The average Bonchev–Trinajstić information content (AvgIpc) is 3.03. The van der Waals surface area contributed by atoms with Crippen molar-refractivity contribution in [1.82, 2.24) is 13.5 Å². The largest absolute Gasteiger partial charge is 0.339 e. The lowest BCUT2D eigenvalue weighted by atomic mass is 9.98. The lowest BCUT2D eigenvalue weighted by Gasteiger charge is -2.33. The van der Waals surface area contributed by atoms with E-state index in [1.807, 2.05) is 4.90 Å². The molecular formula is C21H32N4O4S. The number of hydrogen-bond acceptors (Lipinski definition) is 4. The maximum atomic E-state index is 13.1. The fraction of sp³-hybridized carbons (Fsp3) is 0.619. The van der Waals surface area contributed by atoms with E-state index in [2.05, 4.69) is 5.32 Å². The zero-order valence-corrected chi connectivity index (χ0v) is 18.7. The molecule has 0 aliphatic carbocycles. The first kappa shape index (κ1) is 22.7. The van der Waals surface area contributed by atoms with Gasteiger partial charge in [-0.3, -0.25) is 9.59 Å². The summed E-state index contributed by atoms with van der Waals surface area (Å²) >= 11 is 0. The zero-order valence-electron chi connectivity index (χ0n) is 17.8. The summed E-state index contributed by atoms with van der Waals surface area (Å²) in [5, 5.41) is 2.90. The van der Waals surface area contributed by atoms with Crippen molar-refractivity contribution in [2.45, 2.75) is 38.5 Å². The van der Waals surface area contributed by atoms with E-state index in [-0.39, 0.29) is 18.4 Å². The Kier molecular flexibility index (Phi) is 7.49. The number of para-hydroxylation sites is 1. The van der Waals surface area contributed by atoms with Crippen LogP contribution in [0.1, 0.15) is 48.9 Å². The van der Waals surface area contributed by atoms with Crippen molar-refractivity contribution in [3.05, 3.63) is 29.8 Å². The number of hydrogen-bond donors (Lipinski definition) is 1. The summed E-state index contributed by atoms with van der Waals surface area (Å²) in [6, 6.07) is 7.07. The standard InChI is InChI=1S/C21H32N4O4S/c1-23(2)30(28,29)25-15-9-10-17(16-25)20(26)22-19-12-6-5-11-18(19)21(27)24-13-7-3-4-8-14-24/h5-6,11-12,17H,3-4,7-10,13-16H2,1-2H3,(H,22,26)/t17-/m0/s1. The van der Waals surface area contributed by atoms with Crippen LogP contribution in [0, 0.1) is 5.92 Å². The van der Waals surface area contributed by atoms with Gasteiger partial charge >= 0.3 is 0 Å². The smallest absolute Gasteiger partial charge is 0.281 e. The second kappa shape index (κ2) is 9.89. The fourth-order valence-corrected chi connectivity index (χ4v) is 5.24. The molecule has 2 heterocycles. The molecule has 0 aromatic heterocycles. The number of nitrogens with one attached hydrogen (secondary N) is 1. The number of piperidine rings is 1. The maximum Gasteiger partial charge on any atom is 0.281 e. The maximum absolute atomic E-state index is 13.1. The number of anilines is 1. The molecule has 2 saturated heterocycles. The third kappa shape index (κ3) is 5.19. The fourth-order valence-electron chi connectivity index (χ4n) is 4.05. The highest BCUT2D eigenvalue weighted by atomic mass is 32.2. The van der Waals surface area contributed by atoms with Crippen LogP contribution >= 0.6 is 0 Å². The molecule has 2 fully saturated rings. The highest BCUT2D eigenvalue weighted by molar-refractivity contribution is 7.86. The number of rotatable bonds is 5. The van der Waals surface area contributed by atoms with Crippen LogP contribution in [-0.4, -0.2) is 74.0 Å². The van der Waals surface area contributed by atoms with Gasteiger partial charge in [-0.05, 0) is 37.8 Å². The molecule has 0 saturated carbocycles. The van der Waals surface area contributed by atoms with Gasteiger partial charge in [0.2, 0.25) is 5.91 Å². The van der Waals surface area contributed by atoms with Gasteiger partial charge in [0, 0.05) is 40.3 Å². The van der Waals surface area contributed by atoms with Crippen molar-refractivity contribution in [1.29, 1.82) is 0 Å². The van der Waals surface area contributed by atoms with Crippen LogP contribution in [0.5, 0.6) is 0 Å². The van der Waals surface area contributed by atoms with Crippen LogP contribution in [0.25, 0.3) is 0 Å². The first-order chi connectivity index (χ1) is 14.3. The van der Waals surface area contributed by atoms with Gasteiger partial charge in [-0.1, -0.05) is 25.0 Å². The lowest BCUT2D eigenvalue weighted by molar-refractivity contribution is -0.120. The minimum Gasteiger partial charge on any atom is -0.339 e. The van der Waals surface area contributed by atoms with Crippen LogP contribution < -0.4 is 5.32 Å². The van der Waals surface area contributed by atoms with Gasteiger partial charge in [-0.25, -0.2) is 0 Å². The Balaban J connectivity index is 1.72. The number of benzene rings is 1. The Hall–Kier alpha value is -1.97. The minimum atomic E-state index is -3.55. The molecule has 0 bridgehead atoms. The summed E-state index contributed by atoms with van der Waals surface area (Å²) in [7, 11) is -0.573. The summed E-state index contributed by atoms with van der Waals surface area (Å²) in [5.41, 5.74) is 0.977. The molecule has 1 aromatic carbocycles. The number of likely N-dealkylation sites (tertiary alicyclic amines) is 1. The van der Waals surface area contributed by atoms with Gasteiger partial charge in [0.1, 0.15) is 0 Å². The summed E-state index contributed by atoms with van der Waals surface area (Å²) in [6.07, 6.45) is 5.51. The van der Waals surface area contributed by atoms with Crippen molar-refractivity contribution in [3.63, 3.8) is 0 Å². The van der Waals surface area contributed by atoms with Gasteiger partial charge in [-0.2, -0.15) is 17.0 Å². The summed E-state index contributed by atoms with van der Waals surface area (Å²) < 4.78 is 27.4. The molecule has 166 valence electrons. The first-order valence-corrected chi connectivity index (χ1v) is 12.1. The molecule has 2 aliphatic rings. The molecule has 9 heteroatoms. The number of amides is 2. The van der Waals surface area contributed by atoms with E-state index in [1.54, 1.807) is 24.3 Å². The van der Waals surface area contributed by atoms with E-state index in [9.17, 15) is 18.0 Å². The van der Waals surface area contributed by atoms with Gasteiger partial charge in [0.15, 0.2) is 0 Å². The van der Waals surface area contributed by atoms with Gasteiger partial charge in [0.05, 0.1) is 17.2 Å². The number of nitrogens with zero attached hydrogens (tertiary/aromatic N) is 3. The summed E-state index contributed by atoms with van der Waals surface area (Å²) in [5.74, 6) is -0.757. The number of carbonyl (C=O) groups excluding carboxylic acids is 2. The molecule has 1 aromatic rings. The molecule has 3 rings (SSSR count). The SMILES string of the molecule is CN(C)S(=O)(=O)N1CCC[C@H](C(=O)Nc2ccccc2C(=O)N2CCCCCC2)C1. The topological polar surface area (TPSA) is 90.0 Å². The van der Waals surface area contributed by atoms with Crippen LogP contribution in [0.4, 0.5) is 5.69 Å². The van der Waals surface area contributed by atoms with Gasteiger partial charge < -0.3 is 10.2 Å². The molecule has 0 spiro atoms. The Morgan fingerprint density at radius 3 is 2.33 bits per heavy atom. The quantitative estimate of drug-likeness (QED) is 0.766. The zero-order chi connectivity index (χ0) is 21.7. The van der Waals surface area contributed by atoms with Gasteiger partial charge in [-0.15, -0.1) is 0 Å². The normalized spacial score (nSPS) is 21.3. The molecule has 0 unspecified atom stereocenters. The summed E-state index contributed by atoms with van der Waals surface area (Å²) in [4.78, 5) is 27.9. The molecule has 1 atom stereocenters. The lowest BCUT2D eigenvalue weighted by Crippen LogP contribution is -2.47. The molecule has 8 nitrogen and oxygen atoms in total. The first-order valence-electron chi connectivity index (χ1n) is 10.7. The van der Waals surface area contributed by atoms with Crippen LogP contribution in [0.2, 0.25) is 0 Å². The predicted octanol–water partition coefficient (Wildman–Crippen LogP) is 2.16. The third-order valence-corrected chi connectivity index (χ3v) is 7.76. The monoisotopic (exact) mass is 436 g/mol. The third-order valence-electron chi connectivity index (χ3n) is 5.85. The Labute approximate surface area is 179 Å². The Bertz CT molecular complexity index is 864. The second-order valence-corrected chi connectivity index (χ2v) is 10.4. The molecule has 2 amide bonds. The minimum absolute atomic E-state index is 0.0618. The van der Waals surface area contributed by atoms with E-state index in [0.29, 0.717) is 30.6 Å². The average molecular weight is 437 g/mol.